The molecule has 0 radical (unpaired) electrons. The molecule has 3 nitrogen and oxygen atoms in total. The Balaban J connectivity index is 0. The molecule has 0 fully saturated rings. The third-order valence-electron chi connectivity index (χ3n) is 3.49. The number of hydrogen-bond donors (Lipinski definition) is 2. The molecule has 0 saturated heterocycles. The maximum absolute atomic E-state index is 11.3. The van der Waals surface area contributed by atoms with Crippen LogP contribution in [0.5, 0.6) is 0 Å². The molecule has 1 N–H and O–H groups in total. The molecular weight excluding hydrogens is 278 g/mol. The van der Waals surface area contributed by atoms with Gasteiger partial charge in [0.25, 0.3) is 0 Å². The van der Waals surface area contributed by atoms with Crippen LogP contribution in [0.4, 0.5) is 0 Å². The van der Waals surface area contributed by atoms with Crippen LogP contribution in [-0.2, 0) is 8.54 Å². The van der Waals surface area contributed by atoms with Gasteiger partial charge in [-0.15, -0.1) is 0 Å². The zero-order valence-corrected chi connectivity index (χ0v) is 13.8. The molecule has 1 unspecified atom stereocenters. The molecule has 110 valence electrons. The second kappa shape index (κ2) is 10.3. The van der Waals surface area contributed by atoms with E-state index in [-0.39, 0.29) is 29.6 Å². The first-order chi connectivity index (χ1) is 7.97. The third-order valence-corrected chi connectivity index (χ3v) is 12.5. The molecule has 0 saturated carbocycles. The summed E-state index contributed by atoms with van der Waals surface area (Å²) in [5.74, 6) is 4.05. The zero-order chi connectivity index (χ0) is 13.4. The number of thiol groups is 1. The number of hydrogen-bond acceptors (Lipinski definition) is 2. The van der Waals surface area contributed by atoms with Gasteiger partial charge in [0.1, 0.15) is 0 Å². The molecule has 0 aliphatic carbocycles. The third kappa shape index (κ3) is 6.30. The van der Waals surface area contributed by atoms with E-state index in [1.807, 2.05) is 0 Å². The first kappa shape index (κ1) is 21.8. The van der Waals surface area contributed by atoms with Crippen molar-refractivity contribution in [3.05, 3.63) is 0 Å². The molecule has 1 atom stereocenters. The minimum atomic E-state index is -2.83. The Bertz CT molecular complexity index is 216. The van der Waals surface area contributed by atoms with Crippen LogP contribution in [0.2, 0.25) is 0 Å². The van der Waals surface area contributed by atoms with Crippen molar-refractivity contribution < 1.29 is 13.4 Å². The Morgan fingerprint density at radius 3 is 1.33 bits per heavy atom. The summed E-state index contributed by atoms with van der Waals surface area (Å²) in [6.45, 7) is 8.61. The second-order valence-electron chi connectivity index (χ2n) is 5.11. The van der Waals surface area contributed by atoms with Gasteiger partial charge in [0.05, 0.1) is 0 Å². The van der Waals surface area contributed by atoms with Gasteiger partial charge in [-0.25, -0.2) is 0 Å². The van der Waals surface area contributed by atoms with E-state index in [1.165, 1.54) is 0 Å². The molecule has 0 aromatic carbocycles. The van der Waals surface area contributed by atoms with Crippen LogP contribution in [-0.4, -0.2) is 57.5 Å². The molecule has 0 amide bonds. The quantitative estimate of drug-likeness (QED) is 0.369. The fourth-order valence-electron chi connectivity index (χ4n) is 3.34. The summed E-state index contributed by atoms with van der Waals surface area (Å²) in [6, 6.07) is 0. The Kier molecular flexibility index (Phi) is 12.4. The second-order valence-corrected chi connectivity index (χ2v) is 11.9. The number of rotatable bonds is 10. The topological polar surface area (TPSA) is 46.5 Å². The first-order valence-electron chi connectivity index (χ1n) is 6.91. The van der Waals surface area contributed by atoms with Gasteiger partial charge in [-0.2, -0.15) is 9.44 Å². The Morgan fingerprint density at radius 1 is 0.889 bits per heavy atom. The molecule has 0 bridgehead atoms. The van der Waals surface area contributed by atoms with Gasteiger partial charge in [-0.05, 0) is 48.7 Å². The summed E-state index contributed by atoms with van der Waals surface area (Å²) >= 11 is 0. The van der Waals surface area contributed by atoms with E-state index in [1.54, 1.807) is 0 Å². The summed E-state index contributed by atoms with van der Waals surface area (Å²) in [4.78, 5) is 9.32. The van der Waals surface area contributed by atoms with Crippen molar-refractivity contribution in [1.82, 2.24) is 0 Å². The first-order valence-corrected chi connectivity index (χ1v) is 11.1. The van der Waals surface area contributed by atoms with Crippen molar-refractivity contribution in [3.8, 4) is 0 Å². The van der Waals surface area contributed by atoms with Crippen LogP contribution >= 0.6 is 17.7 Å². The fraction of sp³-hybridized carbons (Fsp3) is 1.00. The standard InChI is InChI=1S/C12H31O3PS.Na.H/c1-5-9-17(10-6-2,11-7-3,12-8-4)15-16(13)14;;/h16-17H,5-12H2,1-4H3,(H,13,14);;. The summed E-state index contributed by atoms with van der Waals surface area (Å²) in [5, 5.41) is 0. The summed E-state index contributed by atoms with van der Waals surface area (Å²) in [6.07, 6.45) is 4.19. The molecule has 0 aromatic rings. The molecule has 0 rings (SSSR count). The van der Waals surface area contributed by atoms with Crippen molar-refractivity contribution >= 4 is 47.3 Å². The summed E-state index contributed by atoms with van der Waals surface area (Å²) in [5.41, 5.74) is 0. The minimum absolute atomic E-state index is 0. The van der Waals surface area contributed by atoms with Gasteiger partial charge < -0.3 is 4.89 Å². The van der Waals surface area contributed by atoms with Crippen molar-refractivity contribution in [2.45, 2.75) is 53.4 Å². The van der Waals surface area contributed by atoms with E-state index in [2.05, 4.69) is 27.7 Å². The average molecular weight is 310 g/mol. The monoisotopic (exact) mass is 310 g/mol. The fourth-order valence-corrected chi connectivity index (χ4v) is 12.4. The molecule has 0 spiro atoms. The maximum atomic E-state index is 11.3. The van der Waals surface area contributed by atoms with E-state index in [4.69, 9.17) is 3.97 Å². The predicted octanol–water partition coefficient (Wildman–Crippen LogP) is 3.36. The van der Waals surface area contributed by atoms with E-state index in [0.717, 1.165) is 48.7 Å². The predicted molar refractivity (Wildman–Crippen MR) is 89.1 cm³/mol. The van der Waals surface area contributed by atoms with Crippen molar-refractivity contribution in [2.24, 2.45) is 0 Å². The van der Waals surface area contributed by atoms with Gasteiger partial charge in [-0.1, -0.05) is 27.7 Å². The molecule has 0 aliphatic heterocycles. The van der Waals surface area contributed by atoms with Crippen molar-refractivity contribution in [3.63, 3.8) is 0 Å². The van der Waals surface area contributed by atoms with Crippen LogP contribution < -0.4 is 0 Å². The Hall–Kier alpha value is 1.50. The zero-order valence-electron chi connectivity index (χ0n) is 11.9. The van der Waals surface area contributed by atoms with E-state index < -0.39 is 17.7 Å². The van der Waals surface area contributed by atoms with Gasteiger partial charge in [-0.3, -0.25) is 8.54 Å². The van der Waals surface area contributed by atoms with Crippen LogP contribution in [0.25, 0.3) is 0 Å². The molecular formula is C12H32NaO3PS. The summed E-state index contributed by atoms with van der Waals surface area (Å²) < 4.78 is 17.1. The van der Waals surface area contributed by atoms with Crippen LogP contribution in [0.15, 0.2) is 0 Å². The molecule has 6 heteroatoms. The molecule has 18 heavy (non-hydrogen) atoms. The van der Waals surface area contributed by atoms with Crippen molar-refractivity contribution in [1.29, 1.82) is 0 Å². The van der Waals surface area contributed by atoms with Gasteiger partial charge in [0.15, 0.2) is 0 Å². The van der Waals surface area contributed by atoms with Crippen molar-refractivity contribution in [2.75, 3.05) is 23.0 Å². The molecule has 0 aliphatic rings. The van der Waals surface area contributed by atoms with E-state index in [9.17, 15) is 9.46 Å². The van der Waals surface area contributed by atoms with E-state index >= 15 is 0 Å². The van der Waals surface area contributed by atoms with Gasteiger partial charge >= 0.3 is 37.8 Å². The average Bonchev–Trinajstić information content (AvgIpc) is 2.17. The summed E-state index contributed by atoms with van der Waals surface area (Å²) in [7, 11) is -5.24. The SMILES string of the molecule is CCC[SH](CCC)(CCC)(CCC)O[PH](=O)O.[NaH]. The van der Waals surface area contributed by atoms with Crippen LogP contribution in [0.1, 0.15) is 53.4 Å². The van der Waals surface area contributed by atoms with Gasteiger partial charge in [0.2, 0.25) is 0 Å². The van der Waals surface area contributed by atoms with Gasteiger partial charge in [0, 0.05) is 0 Å². The van der Waals surface area contributed by atoms with Crippen LogP contribution in [0, 0.1) is 0 Å². The Labute approximate surface area is 136 Å². The van der Waals surface area contributed by atoms with E-state index in [0.29, 0.717) is 0 Å². The Morgan fingerprint density at radius 2 is 1.17 bits per heavy atom. The molecule has 0 aromatic heterocycles. The van der Waals surface area contributed by atoms with Crippen LogP contribution in [0.3, 0.4) is 0 Å². The normalized spacial score (nSPS) is 15.5. The molecule has 0 heterocycles.